The first-order chi connectivity index (χ1) is 8.65. The number of rotatable bonds is 5. The van der Waals surface area contributed by atoms with Gasteiger partial charge in [0.05, 0.1) is 17.3 Å². The van der Waals surface area contributed by atoms with Crippen molar-refractivity contribution in [2.75, 3.05) is 0 Å². The molecule has 0 atom stereocenters. The Morgan fingerprint density at radius 3 is 2.67 bits per heavy atom. The molecule has 1 aliphatic carbocycles. The van der Waals surface area contributed by atoms with Gasteiger partial charge in [0.2, 0.25) is 0 Å². The van der Waals surface area contributed by atoms with Crippen molar-refractivity contribution in [2.24, 2.45) is 5.73 Å². The van der Waals surface area contributed by atoms with Crippen molar-refractivity contribution in [1.82, 2.24) is 5.32 Å². The Labute approximate surface area is 117 Å². The van der Waals surface area contributed by atoms with Crippen LogP contribution in [0.2, 0.25) is 0 Å². The molecule has 2 rings (SSSR count). The average molecular weight is 311 g/mol. The van der Waals surface area contributed by atoms with Gasteiger partial charge in [-0.2, -0.15) is 0 Å². The molecule has 0 bridgehead atoms. The number of nitrogens with two attached hydrogens (primary N) is 1. The number of benzene rings is 1. The van der Waals surface area contributed by atoms with Crippen LogP contribution in [-0.2, 0) is 11.3 Å². The van der Waals surface area contributed by atoms with E-state index in [1.807, 2.05) is 25.1 Å². The number of allylic oxidation sites excluding steroid dienone is 1. The fourth-order valence-electron chi connectivity index (χ4n) is 1.98. The topological polar surface area (TPSA) is 47.3 Å². The third kappa shape index (κ3) is 3.75. The van der Waals surface area contributed by atoms with Crippen molar-refractivity contribution >= 4 is 15.9 Å². The third-order valence-corrected chi connectivity index (χ3v) is 3.80. The molecule has 1 aromatic rings. The lowest BCUT2D eigenvalue weighted by Gasteiger charge is -2.36. The molecule has 0 amide bonds. The van der Waals surface area contributed by atoms with E-state index in [2.05, 4.69) is 33.4 Å². The molecule has 4 heteroatoms. The number of hydrogen-bond acceptors (Lipinski definition) is 3. The van der Waals surface area contributed by atoms with E-state index in [0.29, 0.717) is 23.4 Å². The second kappa shape index (κ2) is 6.25. The van der Waals surface area contributed by atoms with Gasteiger partial charge in [-0.1, -0.05) is 30.3 Å². The fraction of sp³-hybridized carbons (Fsp3) is 0.429. The maximum absolute atomic E-state index is 5.84. The van der Waals surface area contributed by atoms with E-state index in [1.165, 1.54) is 5.56 Å². The summed E-state index contributed by atoms with van der Waals surface area (Å²) < 4.78 is 6.51. The van der Waals surface area contributed by atoms with Crippen molar-refractivity contribution in [1.29, 1.82) is 0 Å². The summed E-state index contributed by atoms with van der Waals surface area (Å²) in [4.78, 5) is 0. The lowest BCUT2D eigenvalue weighted by Crippen LogP contribution is -2.44. The Kier molecular flexibility index (Phi) is 4.66. The second-order valence-corrected chi connectivity index (χ2v) is 5.56. The largest absolute Gasteiger partial charge is 0.392 e. The summed E-state index contributed by atoms with van der Waals surface area (Å²) >= 11 is 3.26. The van der Waals surface area contributed by atoms with Crippen molar-refractivity contribution < 1.29 is 4.74 Å². The predicted molar refractivity (Wildman–Crippen MR) is 77.0 cm³/mol. The summed E-state index contributed by atoms with van der Waals surface area (Å²) in [6.45, 7) is 2.68. The maximum Gasteiger partial charge on any atom is 0.0943 e. The average Bonchev–Trinajstić information content (AvgIpc) is 2.32. The Balaban J connectivity index is 1.66. The Hall–Kier alpha value is -1.000. The van der Waals surface area contributed by atoms with Crippen molar-refractivity contribution in [2.45, 2.75) is 38.5 Å². The van der Waals surface area contributed by atoms with Crippen LogP contribution in [-0.4, -0.2) is 12.1 Å². The molecule has 0 aliphatic heterocycles. The molecule has 0 saturated heterocycles. The predicted octanol–water partition coefficient (Wildman–Crippen LogP) is 2.87. The molecule has 98 valence electrons. The van der Waals surface area contributed by atoms with Gasteiger partial charge in [-0.25, -0.2) is 0 Å². The highest BCUT2D eigenvalue weighted by Crippen LogP contribution is 2.25. The van der Waals surface area contributed by atoms with Gasteiger partial charge >= 0.3 is 0 Å². The Morgan fingerprint density at radius 1 is 1.39 bits per heavy atom. The molecule has 1 aliphatic rings. The normalized spacial score (nSPS) is 24.1. The zero-order valence-electron chi connectivity index (χ0n) is 10.5. The molecule has 3 N–H and O–H groups in total. The third-order valence-electron chi connectivity index (χ3n) is 3.20. The molecule has 0 unspecified atom stereocenters. The molecule has 3 nitrogen and oxygen atoms in total. The van der Waals surface area contributed by atoms with Gasteiger partial charge in [-0.3, -0.25) is 0 Å². The van der Waals surface area contributed by atoms with Crippen molar-refractivity contribution in [3.8, 4) is 0 Å². The van der Waals surface area contributed by atoms with E-state index in [1.54, 1.807) is 0 Å². The van der Waals surface area contributed by atoms with Crippen LogP contribution < -0.4 is 11.1 Å². The smallest absolute Gasteiger partial charge is 0.0943 e. The quantitative estimate of drug-likeness (QED) is 0.822. The maximum atomic E-state index is 5.84. The van der Waals surface area contributed by atoms with E-state index in [4.69, 9.17) is 10.5 Å². The standard InChI is InChI=1S/C14H19BrN2O/c1-10(14(15)16)17-12-7-13(8-12)18-9-11-5-3-2-4-6-11/h2-6,12-13,17H,7-9,16H2,1H3/b14-10-. The van der Waals surface area contributed by atoms with Gasteiger partial charge in [-0.15, -0.1) is 0 Å². The highest BCUT2D eigenvalue weighted by molar-refractivity contribution is 9.11. The zero-order valence-corrected chi connectivity index (χ0v) is 12.1. The van der Waals surface area contributed by atoms with Gasteiger partial charge in [-0.05, 0) is 41.3 Å². The van der Waals surface area contributed by atoms with Gasteiger partial charge < -0.3 is 15.8 Å². The number of ether oxygens (including phenoxy) is 1. The Morgan fingerprint density at radius 2 is 2.06 bits per heavy atom. The minimum Gasteiger partial charge on any atom is -0.392 e. The molecule has 0 aromatic heterocycles. The lowest BCUT2D eigenvalue weighted by atomic mass is 9.89. The highest BCUT2D eigenvalue weighted by Gasteiger charge is 2.29. The van der Waals surface area contributed by atoms with Gasteiger partial charge in [0, 0.05) is 11.7 Å². The zero-order chi connectivity index (χ0) is 13.0. The summed E-state index contributed by atoms with van der Waals surface area (Å²) in [5.41, 5.74) is 7.87. The monoisotopic (exact) mass is 310 g/mol. The summed E-state index contributed by atoms with van der Waals surface area (Å²) in [7, 11) is 0. The van der Waals surface area contributed by atoms with Crippen LogP contribution >= 0.6 is 15.9 Å². The van der Waals surface area contributed by atoms with Crippen LogP contribution in [0.3, 0.4) is 0 Å². The molecule has 0 heterocycles. The SMILES string of the molecule is C/C(NC1CC(OCc2ccccc2)C1)=C(/N)Br. The van der Waals surface area contributed by atoms with Crippen LogP contribution in [0.1, 0.15) is 25.3 Å². The van der Waals surface area contributed by atoms with Crippen LogP contribution in [0.4, 0.5) is 0 Å². The molecule has 18 heavy (non-hydrogen) atoms. The first-order valence-corrected chi connectivity index (χ1v) is 6.98. The summed E-state index contributed by atoms with van der Waals surface area (Å²) in [5.74, 6) is 0. The van der Waals surface area contributed by atoms with Crippen LogP contribution in [0.15, 0.2) is 40.6 Å². The summed E-state index contributed by atoms with van der Waals surface area (Å²) in [6, 6.07) is 10.8. The molecule has 1 fully saturated rings. The van der Waals surface area contributed by atoms with Gasteiger partial charge in [0.1, 0.15) is 0 Å². The van der Waals surface area contributed by atoms with E-state index in [0.717, 1.165) is 18.5 Å². The van der Waals surface area contributed by atoms with Gasteiger partial charge in [0.15, 0.2) is 0 Å². The van der Waals surface area contributed by atoms with E-state index in [9.17, 15) is 0 Å². The second-order valence-electron chi connectivity index (χ2n) is 4.70. The highest BCUT2D eigenvalue weighted by atomic mass is 79.9. The molecule has 1 saturated carbocycles. The van der Waals surface area contributed by atoms with Crippen LogP contribution in [0, 0.1) is 0 Å². The number of hydrogen-bond donors (Lipinski definition) is 2. The van der Waals surface area contributed by atoms with Crippen LogP contribution in [0.5, 0.6) is 0 Å². The fourth-order valence-corrected chi connectivity index (χ4v) is 2.10. The lowest BCUT2D eigenvalue weighted by molar-refractivity contribution is -0.0246. The minimum absolute atomic E-state index is 0.368. The molecular formula is C14H19BrN2O. The molecule has 0 spiro atoms. The van der Waals surface area contributed by atoms with Gasteiger partial charge in [0.25, 0.3) is 0 Å². The molecular weight excluding hydrogens is 292 g/mol. The number of halogens is 1. The van der Waals surface area contributed by atoms with E-state index in [-0.39, 0.29) is 0 Å². The van der Waals surface area contributed by atoms with Crippen molar-refractivity contribution in [3.05, 3.63) is 46.2 Å². The first kappa shape index (κ1) is 13.4. The van der Waals surface area contributed by atoms with Crippen LogP contribution in [0.25, 0.3) is 0 Å². The van der Waals surface area contributed by atoms with E-state index >= 15 is 0 Å². The molecule has 1 aromatic carbocycles. The summed E-state index contributed by atoms with van der Waals surface area (Å²) in [6.07, 6.45) is 2.46. The van der Waals surface area contributed by atoms with E-state index < -0.39 is 0 Å². The molecule has 0 radical (unpaired) electrons. The minimum atomic E-state index is 0.368. The summed E-state index contributed by atoms with van der Waals surface area (Å²) in [5, 5.41) is 3.37. The Bertz CT molecular complexity index is 409. The number of nitrogens with one attached hydrogen (secondary N) is 1. The first-order valence-electron chi connectivity index (χ1n) is 6.19. The van der Waals surface area contributed by atoms with Crippen molar-refractivity contribution in [3.63, 3.8) is 0 Å².